The number of rotatable bonds is 8. The van der Waals surface area contributed by atoms with Crippen LogP contribution < -0.4 is 5.73 Å². The number of hydrogen-bond acceptors (Lipinski definition) is 4. The molecule has 1 aromatic rings. The highest BCUT2D eigenvalue weighted by molar-refractivity contribution is 5.89. The second-order valence-corrected chi connectivity index (χ2v) is 8.00. The lowest BCUT2D eigenvalue weighted by Gasteiger charge is -2.41. The van der Waals surface area contributed by atoms with Crippen molar-refractivity contribution in [1.29, 1.82) is 0 Å². The van der Waals surface area contributed by atoms with E-state index in [-0.39, 0.29) is 11.7 Å². The normalized spacial score (nSPS) is 19.2. The lowest BCUT2D eigenvalue weighted by molar-refractivity contribution is -0.139. The number of hydrogen-bond donors (Lipinski definition) is 2. The van der Waals surface area contributed by atoms with Gasteiger partial charge in [-0.25, -0.2) is 0 Å². The molecule has 0 bridgehead atoms. The molecule has 2 rings (SSSR count). The molecule has 0 aromatic heterocycles. The standard InChI is InChI=1S/C24H34N2O3/c1-4-5-9-18(2)12-13-21(28)22(25)23(29)26-16-14-24(15-17-26,19(3)27)20-10-7-6-8-11-20/h4-11,21-22,28H,12-17,25H2,1-3H3/b5-4-,18-9+. The zero-order valence-electron chi connectivity index (χ0n) is 17.8. The van der Waals surface area contributed by atoms with Crippen molar-refractivity contribution in [3.8, 4) is 0 Å². The van der Waals surface area contributed by atoms with E-state index < -0.39 is 17.6 Å². The number of amides is 1. The summed E-state index contributed by atoms with van der Waals surface area (Å²) in [6.45, 7) is 6.51. The number of carbonyl (C=O) groups excluding carboxylic acids is 2. The number of aliphatic hydroxyl groups excluding tert-OH is 1. The van der Waals surface area contributed by atoms with Crippen LogP contribution in [0.3, 0.4) is 0 Å². The number of ketones is 1. The Bertz CT molecular complexity index is 747. The fraction of sp³-hybridized carbons (Fsp3) is 0.500. The first kappa shape index (κ1) is 23.0. The third-order valence-electron chi connectivity index (χ3n) is 6.04. The smallest absolute Gasteiger partial charge is 0.242 e. The average molecular weight is 399 g/mol. The highest BCUT2D eigenvalue weighted by Gasteiger charge is 2.42. The molecule has 1 aliphatic rings. The van der Waals surface area contributed by atoms with Crippen molar-refractivity contribution in [2.45, 2.75) is 64.0 Å². The summed E-state index contributed by atoms with van der Waals surface area (Å²) in [5, 5.41) is 10.4. The molecule has 0 aliphatic carbocycles. The van der Waals surface area contributed by atoms with Crippen LogP contribution in [-0.2, 0) is 15.0 Å². The van der Waals surface area contributed by atoms with Gasteiger partial charge in [0.15, 0.2) is 0 Å². The largest absolute Gasteiger partial charge is 0.391 e. The quantitative estimate of drug-likeness (QED) is 0.659. The fourth-order valence-electron chi connectivity index (χ4n) is 3.98. The molecule has 5 nitrogen and oxygen atoms in total. The minimum atomic E-state index is -0.939. The average Bonchev–Trinajstić information content (AvgIpc) is 2.75. The van der Waals surface area contributed by atoms with Gasteiger partial charge in [-0.15, -0.1) is 0 Å². The Morgan fingerprint density at radius 3 is 2.38 bits per heavy atom. The van der Waals surface area contributed by atoms with Crippen molar-refractivity contribution in [2.75, 3.05) is 13.1 Å². The summed E-state index contributed by atoms with van der Waals surface area (Å²) in [6, 6.07) is 8.85. The van der Waals surface area contributed by atoms with Crippen LogP contribution in [0.5, 0.6) is 0 Å². The lowest BCUT2D eigenvalue weighted by atomic mass is 9.70. The molecule has 29 heavy (non-hydrogen) atoms. The molecule has 2 unspecified atom stereocenters. The second kappa shape index (κ2) is 10.5. The van der Waals surface area contributed by atoms with Crippen molar-refractivity contribution in [3.63, 3.8) is 0 Å². The monoisotopic (exact) mass is 398 g/mol. The summed E-state index contributed by atoms with van der Waals surface area (Å²) < 4.78 is 0. The molecule has 1 amide bonds. The Kier molecular flexibility index (Phi) is 8.35. The highest BCUT2D eigenvalue weighted by Crippen LogP contribution is 2.36. The molecule has 0 spiro atoms. The van der Waals surface area contributed by atoms with Crippen molar-refractivity contribution in [1.82, 2.24) is 4.90 Å². The van der Waals surface area contributed by atoms with Gasteiger partial charge < -0.3 is 15.7 Å². The van der Waals surface area contributed by atoms with Gasteiger partial charge in [0.1, 0.15) is 11.8 Å². The molecular formula is C24H34N2O3. The van der Waals surface area contributed by atoms with Gasteiger partial charge in [-0.1, -0.05) is 54.1 Å². The van der Waals surface area contributed by atoms with Gasteiger partial charge in [0.2, 0.25) is 5.91 Å². The molecule has 0 saturated carbocycles. The van der Waals surface area contributed by atoms with Crippen LogP contribution in [0, 0.1) is 0 Å². The molecule has 1 aliphatic heterocycles. The van der Waals surface area contributed by atoms with Crippen molar-refractivity contribution in [3.05, 3.63) is 59.7 Å². The van der Waals surface area contributed by atoms with Crippen LogP contribution in [0.2, 0.25) is 0 Å². The topological polar surface area (TPSA) is 83.6 Å². The Hall–Kier alpha value is -2.24. The first-order valence-corrected chi connectivity index (χ1v) is 10.4. The van der Waals surface area contributed by atoms with E-state index in [1.807, 2.05) is 62.4 Å². The maximum Gasteiger partial charge on any atom is 0.242 e. The molecule has 2 atom stereocenters. The number of likely N-dealkylation sites (tertiary alicyclic amines) is 1. The Balaban J connectivity index is 1.97. The maximum absolute atomic E-state index is 12.8. The summed E-state index contributed by atoms with van der Waals surface area (Å²) in [4.78, 5) is 27.0. The Morgan fingerprint density at radius 1 is 1.21 bits per heavy atom. The number of aliphatic hydroxyl groups is 1. The predicted molar refractivity (Wildman–Crippen MR) is 116 cm³/mol. The van der Waals surface area contributed by atoms with Gasteiger partial charge in [-0.05, 0) is 52.0 Å². The van der Waals surface area contributed by atoms with E-state index in [0.29, 0.717) is 38.8 Å². The molecule has 3 N–H and O–H groups in total. The van der Waals surface area contributed by atoms with Crippen molar-refractivity contribution in [2.24, 2.45) is 5.73 Å². The van der Waals surface area contributed by atoms with E-state index in [1.54, 1.807) is 11.8 Å². The van der Waals surface area contributed by atoms with Crippen LogP contribution in [0.4, 0.5) is 0 Å². The van der Waals surface area contributed by atoms with E-state index >= 15 is 0 Å². The van der Waals surface area contributed by atoms with Crippen LogP contribution in [0.1, 0.15) is 52.0 Å². The first-order chi connectivity index (χ1) is 13.8. The predicted octanol–water partition coefficient (Wildman–Crippen LogP) is 3.13. The first-order valence-electron chi connectivity index (χ1n) is 10.4. The number of nitrogens with zero attached hydrogens (tertiary/aromatic N) is 1. The summed E-state index contributed by atoms with van der Waals surface area (Å²) in [6.07, 6.45) is 7.30. The van der Waals surface area contributed by atoms with Crippen molar-refractivity contribution < 1.29 is 14.7 Å². The minimum absolute atomic E-state index is 0.128. The van der Waals surface area contributed by atoms with E-state index in [4.69, 9.17) is 5.73 Å². The molecule has 158 valence electrons. The van der Waals surface area contributed by atoms with Crippen molar-refractivity contribution >= 4 is 11.7 Å². The molecule has 1 aromatic carbocycles. The molecule has 1 fully saturated rings. The fourth-order valence-corrected chi connectivity index (χ4v) is 3.98. The van der Waals surface area contributed by atoms with E-state index in [0.717, 1.165) is 11.1 Å². The molecule has 1 heterocycles. The van der Waals surface area contributed by atoms with Crippen LogP contribution in [0.25, 0.3) is 0 Å². The van der Waals surface area contributed by atoms with Gasteiger partial charge in [0, 0.05) is 13.1 Å². The van der Waals surface area contributed by atoms with Gasteiger partial charge in [-0.2, -0.15) is 0 Å². The van der Waals surface area contributed by atoms with Gasteiger partial charge >= 0.3 is 0 Å². The van der Waals surface area contributed by atoms with Gasteiger partial charge in [0.05, 0.1) is 11.5 Å². The second-order valence-electron chi connectivity index (χ2n) is 8.00. The summed E-state index contributed by atoms with van der Waals surface area (Å²) >= 11 is 0. The highest BCUT2D eigenvalue weighted by atomic mass is 16.3. The zero-order valence-corrected chi connectivity index (χ0v) is 17.8. The van der Waals surface area contributed by atoms with Crippen LogP contribution in [0.15, 0.2) is 54.1 Å². The van der Waals surface area contributed by atoms with E-state index in [1.165, 1.54) is 0 Å². The summed E-state index contributed by atoms with van der Waals surface area (Å²) in [5.41, 5.74) is 7.67. The van der Waals surface area contributed by atoms with Gasteiger partial charge in [0.25, 0.3) is 0 Å². The zero-order chi connectivity index (χ0) is 21.4. The number of allylic oxidation sites excluding steroid dienone is 4. The maximum atomic E-state index is 12.8. The number of nitrogens with two attached hydrogens (primary N) is 1. The van der Waals surface area contributed by atoms with Gasteiger partial charge in [-0.3, -0.25) is 9.59 Å². The summed E-state index contributed by atoms with van der Waals surface area (Å²) in [5.74, 6) is -0.110. The molecule has 0 radical (unpaired) electrons. The number of benzene rings is 1. The Labute approximate surface area is 174 Å². The third kappa shape index (κ3) is 5.64. The van der Waals surface area contributed by atoms with E-state index in [9.17, 15) is 14.7 Å². The van der Waals surface area contributed by atoms with E-state index in [2.05, 4.69) is 0 Å². The Morgan fingerprint density at radius 2 is 1.83 bits per heavy atom. The number of Topliss-reactive ketones (excluding diaryl/α,β-unsaturated/α-hetero) is 1. The summed E-state index contributed by atoms with van der Waals surface area (Å²) in [7, 11) is 0. The number of piperidine rings is 1. The van der Waals surface area contributed by atoms with Crippen LogP contribution >= 0.6 is 0 Å². The third-order valence-corrected chi connectivity index (χ3v) is 6.04. The lowest BCUT2D eigenvalue weighted by Crippen LogP contribution is -2.55. The SMILES string of the molecule is C/C=C\C=C(/C)CCC(O)C(N)C(=O)N1CCC(C(C)=O)(c2ccccc2)CC1. The molecular weight excluding hydrogens is 364 g/mol. The number of carbonyl (C=O) groups is 2. The molecule has 5 heteroatoms. The minimum Gasteiger partial charge on any atom is -0.391 e. The van der Waals surface area contributed by atoms with Crippen LogP contribution in [-0.4, -0.2) is 46.9 Å². The molecule has 1 saturated heterocycles.